The lowest BCUT2D eigenvalue weighted by atomic mass is 9.88. The van der Waals surface area contributed by atoms with Crippen LogP contribution in [0, 0.1) is 17.1 Å². The maximum absolute atomic E-state index is 15.1. The van der Waals surface area contributed by atoms with Crippen molar-refractivity contribution in [3.63, 3.8) is 0 Å². The van der Waals surface area contributed by atoms with Crippen molar-refractivity contribution in [3.8, 4) is 11.3 Å². The van der Waals surface area contributed by atoms with E-state index in [-0.39, 0.29) is 34.9 Å². The molecule has 200 valence electrons. The first kappa shape index (κ1) is 24.9. The van der Waals surface area contributed by atoms with Gasteiger partial charge in [0.05, 0.1) is 5.70 Å². The highest BCUT2D eigenvalue weighted by Gasteiger charge is 2.39. The third-order valence-electron chi connectivity index (χ3n) is 7.10. The van der Waals surface area contributed by atoms with Gasteiger partial charge in [0, 0.05) is 29.5 Å². The van der Waals surface area contributed by atoms with Crippen LogP contribution in [0.3, 0.4) is 0 Å². The molecule has 3 aromatic rings. The number of hydrazine groups is 1. The monoisotopic (exact) mass is 549 g/mol. The van der Waals surface area contributed by atoms with Crippen LogP contribution in [0.4, 0.5) is 20.7 Å². The van der Waals surface area contributed by atoms with Crippen molar-refractivity contribution in [2.24, 2.45) is 5.92 Å². The number of aromatic nitrogens is 2. The van der Waals surface area contributed by atoms with Crippen LogP contribution in [0.5, 0.6) is 0 Å². The molecule has 10 nitrogen and oxygen atoms in total. The van der Waals surface area contributed by atoms with Crippen LogP contribution in [0.15, 0.2) is 60.0 Å². The summed E-state index contributed by atoms with van der Waals surface area (Å²) in [6, 6.07) is 13.9. The third-order valence-corrected chi connectivity index (χ3v) is 7.33. The zero-order chi connectivity index (χ0) is 27.1. The molecule has 39 heavy (non-hydrogen) atoms. The number of ether oxygens (including phenoxy) is 1. The number of fused-ring (bicyclic) bond motifs is 1. The van der Waals surface area contributed by atoms with E-state index in [1.165, 1.54) is 18.2 Å². The summed E-state index contributed by atoms with van der Waals surface area (Å²) in [6.07, 6.45) is 1.29. The molecule has 3 aliphatic rings. The van der Waals surface area contributed by atoms with Gasteiger partial charge in [0.15, 0.2) is 17.5 Å². The molecule has 2 aromatic carbocycles. The average Bonchev–Trinajstić information content (AvgIpc) is 2.92. The summed E-state index contributed by atoms with van der Waals surface area (Å²) < 4.78 is 21.4. The molecule has 0 radical (unpaired) electrons. The lowest BCUT2D eigenvalue weighted by Gasteiger charge is -2.46. The third kappa shape index (κ3) is 4.69. The second-order valence-corrected chi connectivity index (χ2v) is 9.98. The molecule has 0 fully saturated rings. The zero-order valence-corrected chi connectivity index (χ0v) is 21.4. The molecule has 0 spiro atoms. The van der Waals surface area contributed by atoms with Crippen molar-refractivity contribution in [3.05, 3.63) is 82.2 Å². The van der Waals surface area contributed by atoms with Gasteiger partial charge in [0.2, 0.25) is 0 Å². The van der Waals surface area contributed by atoms with Crippen LogP contribution in [0.1, 0.15) is 36.7 Å². The van der Waals surface area contributed by atoms with Gasteiger partial charge in [-0.2, -0.15) is 0 Å². The van der Waals surface area contributed by atoms with Crippen LogP contribution in [-0.2, 0) is 4.74 Å². The fourth-order valence-corrected chi connectivity index (χ4v) is 5.53. The normalized spacial score (nSPS) is 19.8. The summed E-state index contributed by atoms with van der Waals surface area (Å²) in [5, 5.41) is 25.2. The van der Waals surface area contributed by atoms with Crippen LogP contribution in [0.25, 0.3) is 11.3 Å². The van der Waals surface area contributed by atoms with Crippen molar-refractivity contribution < 1.29 is 19.0 Å². The summed E-state index contributed by atoms with van der Waals surface area (Å²) in [5.74, 6) is -0.0439. The fourth-order valence-electron chi connectivity index (χ4n) is 5.35. The molecular weight excluding hydrogens is 525 g/mol. The van der Waals surface area contributed by atoms with Crippen molar-refractivity contribution in [2.75, 3.05) is 23.9 Å². The molecule has 1 aliphatic carbocycles. The highest BCUT2D eigenvalue weighted by molar-refractivity contribution is 6.30. The number of allylic oxidation sites excluding steroid dienone is 1. The number of hydrogen-bond donors (Lipinski definition) is 5. The van der Waals surface area contributed by atoms with E-state index in [2.05, 4.69) is 25.7 Å². The van der Waals surface area contributed by atoms with Crippen molar-refractivity contribution in [2.45, 2.75) is 25.3 Å². The van der Waals surface area contributed by atoms with Crippen molar-refractivity contribution in [1.82, 2.24) is 20.3 Å². The largest absolute Gasteiger partial charge is 0.493 e. The molecule has 1 aromatic heterocycles. The summed E-state index contributed by atoms with van der Waals surface area (Å²) in [5.41, 5.74) is 6.16. The molecule has 1 amide bonds. The van der Waals surface area contributed by atoms with Crippen LogP contribution < -0.4 is 16.1 Å². The maximum Gasteiger partial charge on any atom is 0.410 e. The van der Waals surface area contributed by atoms with Crippen LogP contribution >= 0.6 is 11.6 Å². The first-order valence-electron chi connectivity index (χ1n) is 12.6. The highest BCUT2D eigenvalue weighted by Crippen LogP contribution is 2.45. The lowest BCUT2D eigenvalue weighted by Crippen LogP contribution is -2.46. The molecule has 5 N–H and O–H groups in total. The van der Waals surface area contributed by atoms with Crippen LogP contribution in [-0.4, -0.2) is 45.2 Å². The molecule has 6 rings (SSSR count). The van der Waals surface area contributed by atoms with Gasteiger partial charge < -0.3 is 15.2 Å². The number of amidine groups is 1. The Balaban J connectivity index is 1.54. The fraction of sp³-hybridized carbons (Fsp3) is 0.259. The Morgan fingerprint density at radius 2 is 2.05 bits per heavy atom. The van der Waals surface area contributed by atoms with Gasteiger partial charge >= 0.3 is 6.09 Å². The number of carboxylic acid groups (broad SMARTS) is 1. The van der Waals surface area contributed by atoms with Gasteiger partial charge in [-0.25, -0.2) is 19.2 Å². The van der Waals surface area contributed by atoms with Gasteiger partial charge in [-0.15, -0.1) is 0 Å². The lowest BCUT2D eigenvalue weighted by molar-refractivity contribution is 0.0613. The van der Waals surface area contributed by atoms with E-state index in [4.69, 9.17) is 21.7 Å². The van der Waals surface area contributed by atoms with Crippen LogP contribution in [0.2, 0.25) is 5.02 Å². The van der Waals surface area contributed by atoms with Gasteiger partial charge in [-0.3, -0.25) is 21.2 Å². The number of anilines is 2. The van der Waals surface area contributed by atoms with Gasteiger partial charge in [0.1, 0.15) is 35.6 Å². The molecule has 0 saturated heterocycles. The number of carbonyl (C=O) groups is 1. The van der Waals surface area contributed by atoms with E-state index in [1.54, 1.807) is 0 Å². The molecule has 3 heterocycles. The van der Waals surface area contributed by atoms with E-state index >= 15 is 4.39 Å². The van der Waals surface area contributed by atoms with Gasteiger partial charge in [-0.05, 0) is 36.6 Å². The quantitative estimate of drug-likeness (QED) is 0.217. The summed E-state index contributed by atoms with van der Waals surface area (Å²) in [4.78, 5) is 20.2. The number of nitrogens with zero attached hydrogens (tertiary/aromatic N) is 3. The Bertz CT molecular complexity index is 1500. The Morgan fingerprint density at radius 3 is 2.85 bits per heavy atom. The number of nitrogens with one attached hydrogen (secondary N) is 4. The summed E-state index contributed by atoms with van der Waals surface area (Å²) in [6.45, 7) is 0.924. The predicted octanol–water partition coefficient (Wildman–Crippen LogP) is 5.37. The summed E-state index contributed by atoms with van der Waals surface area (Å²) in [7, 11) is 0. The highest BCUT2D eigenvalue weighted by atomic mass is 35.5. The Hall–Kier alpha value is -4.38. The number of benzene rings is 2. The molecule has 0 saturated carbocycles. The van der Waals surface area contributed by atoms with E-state index in [0.717, 1.165) is 36.3 Å². The van der Waals surface area contributed by atoms with Crippen molar-refractivity contribution in [1.29, 1.82) is 5.41 Å². The Labute approximate surface area is 228 Å². The van der Waals surface area contributed by atoms with E-state index in [0.29, 0.717) is 23.9 Å². The first-order chi connectivity index (χ1) is 18.9. The minimum atomic E-state index is -1.44. The molecular formula is C27H25ClFN7O3. The molecule has 0 bridgehead atoms. The molecule has 2 aliphatic heterocycles. The molecule has 1 unspecified atom stereocenters. The van der Waals surface area contributed by atoms with E-state index in [9.17, 15) is 9.90 Å². The Morgan fingerprint density at radius 1 is 1.23 bits per heavy atom. The maximum atomic E-state index is 15.1. The SMILES string of the molecule is N=C(NC(=O)O)c1nc2c(c(-c3cc(Cl)ccc3F)n1)NCC1CCCC3=C1N(N2)[C@H](c1ccccc1)CO3. The number of hydrogen-bond acceptors (Lipinski definition) is 8. The second-order valence-electron chi connectivity index (χ2n) is 9.55. The Kier molecular flexibility index (Phi) is 6.43. The zero-order valence-electron chi connectivity index (χ0n) is 20.7. The number of amides is 1. The minimum Gasteiger partial charge on any atom is -0.493 e. The van der Waals surface area contributed by atoms with Gasteiger partial charge in [0.25, 0.3) is 0 Å². The first-order valence-corrected chi connectivity index (χ1v) is 12.9. The van der Waals surface area contributed by atoms with E-state index in [1.807, 2.05) is 35.6 Å². The average molecular weight is 550 g/mol. The van der Waals surface area contributed by atoms with Gasteiger partial charge in [-0.1, -0.05) is 41.9 Å². The smallest absolute Gasteiger partial charge is 0.410 e. The predicted molar refractivity (Wildman–Crippen MR) is 144 cm³/mol. The second kappa shape index (κ2) is 10.1. The summed E-state index contributed by atoms with van der Waals surface area (Å²) >= 11 is 6.22. The standard InChI is InChI=1S/C27H25ClFN7O3/c28-16-9-10-18(29)17(11-16)21-22-25(34-26(32-21)24(30)33-27(37)38)35-36-19(14-5-2-1-3-6-14)13-39-20-8-4-7-15(12-31-22)23(20)36/h1-3,5-6,9-11,15,19,31H,4,7-8,12-13H2,(H2,30,33)(H,37,38)(H,32,34,35)/t15?,19-/m0/s1. The van der Waals surface area contributed by atoms with Crippen molar-refractivity contribution >= 4 is 35.0 Å². The van der Waals surface area contributed by atoms with E-state index < -0.39 is 17.7 Å². The number of rotatable bonds is 3. The topological polar surface area (TPSA) is 135 Å². The molecule has 12 heteroatoms. The number of halogens is 2. The minimum absolute atomic E-state index is 0.0992. The molecule has 2 atom stereocenters.